The van der Waals surface area contributed by atoms with Gasteiger partial charge in [-0.3, -0.25) is 14.4 Å². The molecule has 0 N–H and O–H groups in total. The van der Waals surface area contributed by atoms with E-state index in [1.54, 1.807) is 11.3 Å². The van der Waals surface area contributed by atoms with E-state index in [1.807, 2.05) is 36.1 Å². The number of nitrogens with zero attached hydrogens (tertiary/aromatic N) is 5. The fourth-order valence-electron chi connectivity index (χ4n) is 4.36. The van der Waals surface area contributed by atoms with Gasteiger partial charge >= 0.3 is 0 Å². The van der Waals surface area contributed by atoms with Crippen molar-refractivity contribution in [2.75, 3.05) is 26.3 Å². The fraction of sp³-hybridized carbons (Fsp3) is 0.417. The summed E-state index contributed by atoms with van der Waals surface area (Å²) in [7, 11) is 0. The molecule has 4 heterocycles. The minimum absolute atomic E-state index is 0.108. The Morgan fingerprint density at radius 1 is 1.21 bits per heavy atom. The lowest BCUT2D eigenvalue weighted by Gasteiger charge is -2.26. The summed E-state index contributed by atoms with van der Waals surface area (Å²) in [4.78, 5) is 20.9. The van der Waals surface area contributed by atoms with E-state index in [0.717, 1.165) is 44.8 Å². The number of aromatic nitrogens is 3. The van der Waals surface area contributed by atoms with Crippen LogP contribution in [-0.4, -0.2) is 57.6 Å². The van der Waals surface area contributed by atoms with E-state index in [1.165, 1.54) is 0 Å². The largest absolute Gasteiger partial charge is 0.378 e. The molecule has 2 aliphatic rings. The summed E-state index contributed by atoms with van der Waals surface area (Å²) in [5.41, 5.74) is 2.79. The molecule has 5 rings (SSSR count). The smallest absolute Gasteiger partial charge is 0.223 e. The second-order valence-corrected chi connectivity index (χ2v) is 9.77. The van der Waals surface area contributed by atoms with Crippen molar-refractivity contribution in [3.05, 3.63) is 63.0 Å². The average Bonchev–Trinajstić information content (AvgIpc) is 3.39. The molecule has 0 bridgehead atoms. The predicted molar refractivity (Wildman–Crippen MR) is 130 cm³/mol. The van der Waals surface area contributed by atoms with Crippen molar-refractivity contribution in [3.8, 4) is 5.00 Å². The number of benzene rings is 1. The molecular formula is C24H26ClN5O2S. The molecule has 172 valence electrons. The standard InChI is InChI=1S/C24H26ClN5O2S/c1-3-20-23-28-27-15(2)30(23)24-18(22(26-20)17-6-4-5-7-19(17)25)14-16(33-24)8-9-21(31)29-10-12-32-13-11-29/h4-7,14,20H,3,8-13H2,1-2H3. The lowest BCUT2D eigenvalue weighted by Crippen LogP contribution is -2.40. The van der Waals surface area contributed by atoms with Gasteiger partial charge in [0.05, 0.1) is 18.9 Å². The lowest BCUT2D eigenvalue weighted by atomic mass is 10.0. The van der Waals surface area contributed by atoms with E-state index >= 15 is 0 Å². The Bertz CT molecular complexity index is 1210. The van der Waals surface area contributed by atoms with E-state index in [-0.39, 0.29) is 11.9 Å². The van der Waals surface area contributed by atoms with Crippen LogP contribution in [0.4, 0.5) is 0 Å². The zero-order valence-corrected chi connectivity index (χ0v) is 20.3. The van der Waals surface area contributed by atoms with Crippen LogP contribution in [-0.2, 0) is 16.0 Å². The molecule has 7 nitrogen and oxygen atoms in total. The van der Waals surface area contributed by atoms with Crippen LogP contribution >= 0.6 is 22.9 Å². The first kappa shape index (κ1) is 22.3. The van der Waals surface area contributed by atoms with Crippen molar-refractivity contribution in [1.29, 1.82) is 0 Å². The Balaban J connectivity index is 1.54. The maximum Gasteiger partial charge on any atom is 0.223 e. The van der Waals surface area contributed by atoms with Gasteiger partial charge in [0, 0.05) is 40.5 Å². The summed E-state index contributed by atoms with van der Waals surface area (Å²) >= 11 is 8.29. The van der Waals surface area contributed by atoms with Crippen molar-refractivity contribution < 1.29 is 9.53 Å². The van der Waals surface area contributed by atoms with Gasteiger partial charge in [0.15, 0.2) is 5.82 Å². The van der Waals surface area contributed by atoms with Gasteiger partial charge in [-0.25, -0.2) is 0 Å². The number of ether oxygens (including phenoxy) is 1. The van der Waals surface area contributed by atoms with E-state index in [4.69, 9.17) is 21.3 Å². The fourth-order valence-corrected chi connectivity index (χ4v) is 5.80. The highest BCUT2D eigenvalue weighted by Gasteiger charge is 2.30. The molecule has 1 amide bonds. The molecule has 1 aromatic carbocycles. The molecule has 1 unspecified atom stereocenters. The Morgan fingerprint density at radius 3 is 2.76 bits per heavy atom. The number of aryl methyl sites for hydroxylation is 2. The molecule has 0 spiro atoms. The number of carbonyl (C=O) groups is 1. The third kappa shape index (κ3) is 4.23. The molecule has 0 saturated carbocycles. The van der Waals surface area contributed by atoms with E-state index in [0.29, 0.717) is 44.2 Å². The van der Waals surface area contributed by atoms with E-state index in [9.17, 15) is 4.79 Å². The van der Waals surface area contributed by atoms with Crippen LogP contribution in [0.3, 0.4) is 0 Å². The molecule has 1 saturated heterocycles. The Kier molecular flexibility index (Phi) is 6.32. The molecule has 2 aliphatic heterocycles. The van der Waals surface area contributed by atoms with Crippen molar-refractivity contribution in [1.82, 2.24) is 19.7 Å². The first-order valence-electron chi connectivity index (χ1n) is 11.3. The first-order valence-corrected chi connectivity index (χ1v) is 12.5. The summed E-state index contributed by atoms with van der Waals surface area (Å²) < 4.78 is 7.49. The van der Waals surface area contributed by atoms with Crippen LogP contribution in [0.5, 0.6) is 0 Å². The van der Waals surface area contributed by atoms with Crippen molar-refractivity contribution in [3.63, 3.8) is 0 Å². The third-order valence-electron chi connectivity index (χ3n) is 6.12. The topological polar surface area (TPSA) is 72.6 Å². The maximum atomic E-state index is 12.7. The maximum absolute atomic E-state index is 12.7. The Hall–Kier alpha value is -2.55. The highest BCUT2D eigenvalue weighted by molar-refractivity contribution is 7.15. The number of aliphatic imine (C=N–C) groups is 1. The normalized spacial score (nSPS) is 17.8. The van der Waals surface area contributed by atoms with Gasteiger partial charge in [0.2, 0.25) is 5.91 Å². The number of morpholine rings is 1. The zero-order chi connectivity index (χ0) is 22.9. The monoisotopic (exact) mass is 483 g/mol. The van der Waals surface area contributed by atoms with E-state index < -0.39 is 0 Å². The summed E-state index contributed by atoms with van der Waals surface area (Å²) in [6.07, 6.45) is 1.96. The van der Waals surface area contributed by atoms with Crippen LogP contribution in [0.25, 0.3) is 5.00 Å². The molecular weight excluding hydrogens is 458 g/mol. The molecule has 0 aliphatic carbocycles. The van der Waals surface area contributed by atoms with Gasteiger partial charge in [-0.15, -0.1) is 21.5 Å². The minimum atomic E-state index is -0.108. The van der Waals surface area contributed by atoms with Gasteiger partial charge in [-0.2, -0.15) is 0 Å². The summed E-state index contributed by atoms with van der Waals surface area (Å²) in [6, 6.07) is 9.87. The number of halogens is 1. The van der Waals surface area contributed by atoms with Crippen molar-refractivity contribution in [2.45, 2.75) is 39.2 Å². The quantitative estimate of drug-likeness (QED) is 0.539. The number of hydrogen-bond donors (Lipinski definition) is 0. The van der Waals surface area contributed by atoms with Gasteiger partial charge in [-0.05, 0) is 31.9 Å². The SMILES string of the molecule is CCC1N=C(c2ccccc2Cl)c2cc(CCC(=O)N3CCOCC3)sc2-n2c(C)nnc21. The highest BCUT2D eigenvalue weighted by Crippen LogP contribution is 2.38. The molecule has 0 radical (unpaired) electrons. The highest BCUT2D eigenvalue weighted by atomic mass is 35.5. The Labute approximate surface area is 202 Å². The summed E-state index contributed by atoms with van der Waals surface area (Å²) in [6.45, 7) is 6.65. The number of hydrogen-bond acceptors (Lipinski definition) is 6. The molecule has 2 aromatic heterocycles. The molecule has 33 heavy (non-hydrogen) atoms. The third-order valence-corrected chi connectivity index (χ3v) is 7.63. The molecule has 3 aromatic rings. The first-order chi connectivity index (χ1) is 16.1. The van der Waals surface area contributed by atoms with Crippen molar-refractivity contribution >= 4 is 34.6 Å². The molecule has 1 fully saturated rings. The van der Waals surface area contributed by atoms with Gasteiger partial charge in [0.25, 0.3) is 0 Å². The molecule has 1 atom stereocenters. The number of carbonyl (C=O) groups excluding carboxylic acids is 1. The van der Waals surface area contributed by atoms with Gasteiger partial charge in [0.1, 0.15) is 16.9 Å². The zero-order valence-electron chi connectivity index (χ0n) is 18.8. The number of amides is 1. The van der Waals surface area contributed by atoms with Gasteiger partial charge in [-0.1, -0.05) is 36.7 Å². The second kappa shape index (κ2) is 9.37. The van der Waals surface area contributed by atoms with E-state index in [2.05, 4.69) is 27.8 Å². The number of thiophene rings is 1. The van der Waals surface area contributed by atoms with Crippen molar-refractivity contribution in [2.24, 2.45) is 4.99 Å². The molecule has 9 heteroatoms. The number of rotatable bonds is 5. The number of fused-ring (bicyclic) bond motifs is 3. The van der Waals surface area contributed by atoms with Crippen LogP contribution in [0.2, 0.25) is 5.02 Å². The predicted octanol–water partition coefficient (Wildman–Crippen LogP) is 4.38. The van der Waals surface area contributed by atoms with Crippen LogP contribution in [0.15, 0.2) is 35.3 Å². The summed E-state index contributed by atoms with van der Waals surface area (Å²) in [5, 5.41) is 10.5. The Morgan fingerprint density at radius 2 is 2.00 bits per heavy atom. The van der Waals surface area contributed by atoms with Gasteiger partial charge < -0.3 is 9.64 Å². The second-order valence-electron chi connectivity index (χ2n) is 8.25. The lowest BCUT2D eigenvalue weighted by molar-refractivity contribution is -0.135. The van der Waals surface area contributed by atoms with Crippen LogP contribution < -0.4 is 0 Å². The van der Waals surface area contributed by atoms with Crippen LogP contribution in [0, 0.1) is 6.92 Å². The minimum Gasteiger partial charge on any atom is -0.378 e. The summed E-state index contributed by atoms with van der Waals surface area (Å²) in [5.74, 6) is 1.85. The van der Waals surface area contributed by atoms with Crippen LogP contribution in [0.1, 0.15) is 53.5 Å². The average molecular weight is 484 g/mol.